The molecule has 0 aliphatic heterocycles. The third-order valence-corrected chi connectivity index (χ3v) is 3.62. The molecule has 21 heavy (non-hydrogen) atoms. The number of rotatable bonds is 5. The van der Waals surface area contributed by atoms with Crippen LogP contribution in [0, 0.1) is 0 Å². The van der Waals surface area contributed by atoms with Crippen LogP contribution in [0.4, 0.5) is 5.82 Å². The van der Waals surface area contributed by atoms with Crippen LogP contribution in [0.2, 0.25) is 0 Å². The minimum atomic E-state index is 0.170. The highest BCUT2D eigenvalue weighted by atomic mass is 79.9. The molecule has 2 aromatic heterocycles. The van der Waals surface area contributed by atoms with Gasteiger partial charge in [-0.05, 0) is 30.7 Å². The first kappa shape index (κ1) is 14.0. The number of aliphatic hydroxyl groups is 1. The van der Waals surface area contributed by atoms with E-state index in [0.717, 1.165) is 27.2 Å². The van der Waals surface area contributed by atoms with E-state index in [4.69, 9.17) is 5.11 Å². The largest absolute Gasteiger partial charge is 0.396 e. The fraction of sp³-hybridized carbons (Fsp3) is 0.200. The number of hydrogen-bond donors (Lipinski definition) is 2. The molecular weight excluding hydrogens is 332 g/mol. The zero-order chi connectivity index (χ0) is 14.7. The van der Waals surface area contributed by atoms with Gasteiger partial charge in [-0.15, -0.1) is 5.10 Å². The van der Waals surface area contributed by atoms with Crippen molar-refractivity contribution in [2.45, 2.75) is 6.42 Å². The van der Waals surface area contributed by atoms with Gasteiger partial charge in [0.15, 0.2) is 5.65 Å². The van der Waals surface area contributed by atoms with Crippen LogP contribution in [0.5, 0.6) is 0 Å². The summed E-state index contributed by atoms with van der Waals surface area (Å²) in [5, 5.41) is 16.6. The lowest BCUT2D eigenvalue weighted by atomic mass is 10.2. The number of nitrogens with zero attached hydrogens (tertiary/aromatic N) is 3. The molecule has 1 aromatic carbocycles. The number of aromatic nitrogens is 3. The average molecular weight is 347 g/mol. The lowest BCUT2D eigenvalue weighted by Crippen LogP contribution is -2.07. The predicted octanol–water partition coefficient (Wildman–Crippen LogP) is 2.95. The van der Waals surface area contributed by atoms with Gasteiger partial charge >= 0.3 is 0 Å². The molecule has 0 atom stereocenters. The lowest BCUT2D eigenvalue weighted by molar-refractivity contribution is 0.292. The number of benzene rings is 1. The van der Waals surface area contributed by atoms with Crippen LogP contribution in [0.25, 0.3) is 16.9 Å². The van der Waals surface area contributed by atoms with Crippen LogP contribution in [0.1, 0.15) is 6.42 Å². The van der Waals surface area contributed by atoms with Crippen molar-refractivity contribution in [3.63, 3.8) is 0 Å². The number of hydrogen-bond acceptors (Lipinski definition) is 4. The maximum atomic E-state index is 8.82. The molecule has 0 aliphatic carbocycles. The molecule has 0 spiro atoms. The smallest absolute Gasteiger partial charge is 0.154 e. The zero-order valence-electron chi connectivity index (χ0n) is 11.3. The zero-order valence-corrected chi connectivity index (χ0v) is 12.9. The molecule has 0 radical (unpaired) electrons. The summed E-state index contributed by atoms with van der Waals surface area (Å²) in [6.07, 6.45) is 2.52. The minimum Gasteiger partial charge on any atom is -0.396 e. The van der Waals surface area contributed by atoms with Gasteiger partial charge in [0, 0.05) is 23.2 Å². The van der Waals surface area contributed by atoms with Gasteiger partial charge in [0.1, 0.15) is 5.82 Å². The Balaban J connectivity index is 1.97. The minimum absolute atomic E-state index is 0.170. The molecule has 0 fully saturated rings. The van der Waals surface area contributed by atoms with Crippen molar-refractivity contribution in [1.82, 2.24) is 14.6 Å². The van der Waals surface area contributed by atoms with Crippen LogP contribution in [-0.4, -0.2) is 32.9 Å². The van der Waals surface area contributed by atoms with Gasteiger partial charge in [-0.3, -0.25) is 0 Å². The first-order chi connectivity index (χ1) is 10.3. The summed E-state index contributed by atoms with van der Waals surface area (Å²) < 4.78 is 2.84. The molecule has 2 heterocycles. The van der Waals surface area contributed by atoms with Crippen molar-refractivity contribution in [1.29, 1.82) is 0 Å². The molecule has 0 unspecified atom stereocenters. The molecule has 3 rings (SSSR count). The Morgan fingerprint density at radius 3 is 2.95 bits per heavy atom. The Morgan fingerprint density at radius 2 is 2.14 bits per heavy atom. The van der Waals surface area contributed by atoms with Gasteiger partial charge < -0.3 is 10.4 Å². The van der Waals surface area contributed by atoms with E-state index in [0.29, 0.717) is 13.0 Å². The topological polar surface area (TPSA) is 62.5 Å². The molecule has 0 bridgehead atoms. The molecule has 6 heteroatoms. The third-order valence-electron chi connectivity index (χ3n) is 3.12. The quantitative estimate of drug-likeness (QED) is 0.697. The number of fused-ring (bicyclic) bond motifs is 1. The maximum Gasteiger partial charge on any atom is 0.154 e. The molecule has 0 saturated carbocycles. The number of aliphatic hydroxyl groups excluding tert-OH is 1. The summed E-state index contributed by atoms with van der Waals surface area (Å²) in [6, 6.07) is 11.9. The number of halogens is 1. The first-order valence-electron chi connectivity index (χ1n) is 6.73. The fourth-order valence-electron chi connectivity index (χ4n) is 2.11. The van der Waals surface area contributed by atoms with Gasteiger partial charge in [-0.1, -0.05) is 28.1 Å². The molecule has 0 saturated heterocycles. The highest BCUT2D eigenvalue weighted by molar-refractivity contribution is 9.10. The predicted molar refractivity (Wildman–Crippen MR) is 86.3 cm³/mol. The van der Waals surface area contributed by atoms with Crippen LogP contribution in [0.15, 0.2) is 47.1 Å². The van der Waals surface area contributed by atoms with Crippen molar-refractivity contribution in [2.75, 3.05) is 18.5 Å². The Labute approximate surface area is 130 Å². The second-order valence-electron chi connectivity index (χ2n) is 4.65. The van der Waals surface area contributed by atoms with Gasteiger partial charge in [0.05, 0.1) is 11.9 Å². The van der Waals surface area contributed by atoms with E-state index in [-0.39, 0.29) is 6.61 Å². The van der Waals surface area contributed by atoms with Gasteiger partial charge in [-0.25, -0.2) is 9.50 Å². The third kappa shape index (κ3) is 3.06. The number of nitrogens with one attached hydrogen (secondary N) is 1. The number of anilines is 1. The maximum absolute atomic E-state index is 8.82. The highest BCUT2D eigenvalue weighted by Gasteiger charge is 2.08. The van der Waals surface area contributed by atoms with E-state index in [1.807, 2.05) is 47.1 Å². The van der Waals surface area contributed by atoms with Crippen molar-refractivity contribution >= 4 is 27.4 Å². The van der Waals surface area contributed by atoms with Gasteiger partial charge in [0.2, 0.25) is 0 Å². The second-order valence-corrected chi connectivity index (χ2v) is 5.56. The van der Waals surface area contributed by atoms with E-state index >= 15 is 0 Å². The molecular formula is C15H15BrN4O. The summed E-state index contributed by atoms with van der Waals surface area (Å²) in [7, 11) is 0. The normalized spacial score (nSPS) is 11.0. The fourth-order valence-corrected chi connectivity index (χ4v) is 2.51. The van der Waals surface area contributed by atoms with Crippen molar-refractivity contribution in [3.05, 3.63) is 47.1 Å². The van der Waals surface area contributed by atoms with E-state index in [1.165, 1.54) is 0 Å². The molecule has 2 N–H and O–H groups in total. The number of imidazole rings is 1. The summed E-state index contributed by atoms with van der Waals surface area (Å²) in [5.74, 6) is 0.769. The summed E-state index contributed by atoms with van der Waals surface area (Å²) in [4.78, 5) is 4.38. The Kier molecular flexibility index (Phi) is 4.17. The van der Waals surface area contributed by atoms with Crippen LogP contribution in [0.3, 0.4) is 0 Å². The molecule has 0 aliphatic rings. The first-order valence-corrected chi connectivity index (χ1v) is 7.53. The van der Waals surface area contributed by atoms with Gasteiger partial charge in [-0.2, -0.15) is 0 Å². The molecule has 5 nitrogen and oxygen atoms in total. The second kappa shape index (κ2) is 6.24. The monoisotopic (exact) mass is 346 g/mol. The Hall–Kier alpha value is -1.92. The molecule has 108 valence electrons. The Morgan fingerprint density at radius 1 is 1.24 bits per heavy atom. The standard InChI is InChI=1S/C15H15BrN4O/c16-12-4-1-3-11(9-12)13-10-18-15-6-5-14(19-20(13)15)17-7-2-8-21/h1,3-6,9-10,21H,2,7-8H2,(H,17,19). The SMILES string of the molecule is OCCCNc1ccc2ncc(-c3cccc(Br)c3)n2n1. The molecule has 3 aromatic rings. The van der Waals surface area contributed by atoms with E-state index in [1.54, 1.807) is 0 Å². The Bertz CT molecular complexity index is 756. The summed E-state index contributed by atoms with van der Waals surface area (Å²) in [6.45, 7) is 0.861. The van der Waals surface area contributed by atoms with E-state index in [9.17, 15) is 0 Å². The van der Waals surface area contributed by atoms with E-state index < -0.39 is 0 Å². The average Bonchev–Trinajstić information content (AvgIpc) is 2.91. The van der Waals surface area contributed by atoms with Crippen LogP contribution >= 0.6 is 15.9 Å². The van der Waals surface area contributed by atoms with Crippen LogP contribution in [-0.2, 0) is 0 Å². The van der Waals surface area contributed by atoms with Crippen LogP contribution < -0.4 is 5.32 Å². The van der Waals surface area contributed by atoms with E-state index in [2.05, 4.69) is 31.3 Å². The lowest BCUT2D eigenvalue weighted by Gasteiger charge is -2.06. The van der Waals surface area contributed by atoms with Crippen molar-refractivity contribution in [2.24, 2.45) is 0 Å². The summed E-state index contributed by atoms with van der Waals surface area (Å²) in [5.41, 5.74) is 2.80. The van der Waals surface area contributed by atoms with Gasteiger partial charge in [0.25, 0.3) is 0 Å². The summed E-state index contributed by atoms with van der Waals surface area (Å²) >= 11 is 3.48. The van der Waals surface area contributed by atoms with Crippen molar-refractivity contribution < 1.29 is 5.11 Å². The highest BCUT2D eigenvalue weighted by Crippen LogP contribution is 2.23. The van der Waals surface area contributed by atoms with Crippen molar-refractivity contribution in [3.8, 4) is 11.3 Å². The molecule has 0 amide bonds.